The quantitative estimate of drug-likeness (QED) is 0.631. The molecule has 0 heterocycles. The molecule has 0 saturated heterocycles. The van der Waals surface area contributed by atoms with Crippen molar-refractivity contribution in [2.24, 2.45) is 0 Å². The summed E-state index contributed by atoms with van der Waals surface area (Å²) in [6.45, 7) is 0. The van der Waals surface area contributed by atoms with Gasteiger partial charge in [-0.2, -0.15) is 0 Å². The Morgan fingerprint density at radius 1 is 0.941 bits per heavy atom. The molecule has 0 fully saturated rings. The van der Waals surface area contributed by atoms with E-state index >= 15 is 0 Å². The van der Waals surface area contributed by atoms with Crippen LogP contribution in [0.15, 0.2) is 54.6 Å². The number of alkyl halides is 1. The minimum Gasteiger partial charge on any atom is -0.369 e. The highest BCUT2D eigenvalue weighted by Gasteiger charge is 2.05. The van der Waals surface area contributed by atoms with Crippen molar-refractivity contribution in [3.05, 3.63) is 65.2 Å². The van der Waals surface area contributed by atoms with Gasteiger partial charge in [0.15, 0.2) is 0 Å². The van der Waals surface area contributed by atoms with Crippen molar-refractivity contribution in [1.29, 1.82) is 0 Å². The van der Waals surface area contributed by atoms with E-state index in [1.165, 1.54) is 0 Å². The molecule has 0 amide bonds. The molecule has 0 spiro atoms. The van der Waals surface area contributed by atoms with Crippen molar-refractivity contribution >= 4 is 28.9 Å². The first-order valence-electron chi connectivity index (χ1n) is 5.44. The van der Waals surface area contributed by atoms with Crippen LogP contribution in [-0.4, -0.2) is 5.50 Å². The summed E-state index contributed by atoms with van der Waals surface area (Å²) in [5.74, 6) is 0. The van der Waals surface area contributed by atoms with E-state index in [1.807, 2.05) is 54.6 Å². The van der Waals surface area contributed by atoms with Crippen LogP contribution >= 0.6 is 23.2 Å². The van der Waals surface area contributed by atoms with Crippen LogP contribution in [0.1, 0.15) is 5.56 Å². The van der Waals surface area contributed by atoms with Gasteiger partial charge in [-0.25, -0.2) is 0 Å². The Kier molecular flexibility index (Phi) is 4.29. The van der Waals surface area contributed by atoms with E-state index in [-0.39, 0.29) is 5.50 Å². The Hall–Kier alpha value is -1.18. The average molecular weight is 266 g/mol. The summed E-state index contributed by atoms with van der Waals surface area (Å²) in [6.07, 6.45) is 0.758. The maximum absolute atomic E-state index is 6.25. The van der Waals surface area contributed by atoms with Gasteiger partial charge >= 0.3 is 0 Å². The third-order valence-corrected chi connectivity index (χ3v) is 2.94. The van der Waals surface area contributed by atoms with Crippen molar-refractivity contribution in [2.45, 2.75) is 11.9 Å². The standard InChI is InChI=1S/C14H13Cl2N/c15-12-8-6-11(7-9-12)10-14(16)17-13-4-2-1-3-5-13/h1-9,14,17H,10H2. The highest BCUT2D eigenvalue weighted by atomic mass is 35.5. The van der Waals surface area contributed by atoms with Gasteiger partial charge in [0, 0.05) is 17.1 Å². The monoisotopic (exact) mass is 265 g/mol. The molecule has 0 saturated carbocycles. The molecule has 1 atom stereocenters. The van der Waals surface area contributed by atoms with Gasteiger partial charge in [0.1, 0.15) is 5.50 Å². The molecule has 0 aliphatic rings. The fraction of sp³-hybridized carbons (Fsp3) is 0.143. The normalized spacial score (nSPS) is 12.1. The molecular formula is C14H13Cl2N. The first kappa shape index (κ1) is 12.3. The van der Waals surface area contributed by atoms with Gasteiger partial charge in [0.25, 0.3) is 0 Å². The fourth-order valence-electron chi connectivity index (χ4n) is 1.59. The summed E-state index contributed by atoms with van der Waals surface area (Å²) in [5.41, 5.74) is 2.07. The van der Waals surface area contributed by atoms with E-state index in [9.17, 15) is 0 Å². The number of anilines is 1. The van der Waals surface area contributed by atoms with Crippen LogP contribution in [0.3, 0.4) is 0 Å². The molecule has 3 heteroatoms. The predicted molar refractivity (Wildman–Crippen MR) is 74.9 cm³/mol. The van der Waals surface area contributed by atoms with Crippen LogP contribution in [-0.2, 0) is 6.42 Å². The molecule has 1 N–H and O–H groups in total. The molecule has 0 radical (unpaired) electrons. The summed E-state index contributed by atoms with van der Waals surface area (Å²) < 4.78 is 0. The molecule has 2 aromatic carbocycles. The van der Waals surface area contributed by atoms with Crippen LogP contribution in [0, 0.1) is 0 Å². The highest BCUT2D eigenvalue weighted by Crippen LogP contribution is 2.15. The van der Waals surface area contributed by atoms with Crippen molar-refractivity contribution in [3.63, 3.8) is 0 Å². The third-order valence-electron chi connectivity index (χ3n) is 2.43. The smallest absolute Gasteiger partial charge is 0.105 e. The first-order chi connectivity index (χ1) is 8.24. The molecule has 0 aliphatic heterocycles. The zero-order chi connectivity index (χ0) is 12.1. The van der Waals surface area contributed by atoms with Gasteiger partial charge < -0.3 is 5.32 Å². The summed E-state index contributed by atoms with van der Waals surface area (Å²) in [6, 6.07) is 17.7. The number of halogens is 2. The highest BCUT2D eigenvalue weighted by molar-refractivity contribution is 6.30. The van der Waals surface area contributed by atoms with Crippen molar-refractivity contribution in [2.75, 3.05) is 5.32 Å². The molecule has 1 nitrogen and oxygen atoms in total. The maximum Gasteiger partial charge on any atom is 0.105 e. The van der Waals surface area contributed by atoms with Crippen LogP contribution < -0.4 is 5.32 Å². The van der Waals surface area contributed by atoms with Crippen LogP contribution in [0.4, 0.5) is 5.69 Å². The number of nitrogens with one attached hydrogen (secondary N) is 1. The van der Waals surface area contributed by atoms with E-state index in [2.05, 4.69) is 5.32 Å². The predicted octanol–water partition coefficient (Wildman–Crippen LogP) is 4.56. The largest absolute Gasteiger partial charge is 0.369 e. The average Bonchev–Trinajstić information content (AvgIpc) is 2.33. The number of para-hydroxylation sites is 1. The minimum atomic E-state index is -0.126. The zero-order valence-corrected chi connectivity index (χ0v) is 10.7. The van der Waals surface area contributed by atoms with Crippen molar-refractivity contribution < 1.29 is 0 Å². The Morgan fingerprint density at radius 2 is 1.59 bits per heavy atom. The summed E-state index contributed by atoms with van der Waals surface area (Å²) in [7, 11) is 0. The summed E-state index contributed by atoms with van der Waals surface area (Å²) in [4.78, 5) is 0. The maximum atomic E-state index is 6.25. The van der Waals surface area contributed by atoms with E-state index in [0.29, 0.717) is 0 Å². The van der Waals surface area contributed by atoms with Gasteiger partial charge in [-0.15, -0.1) is 0 Å². The first-order valence-corrected chi connectivity index (χ1v) is 6.25. The zero-order valence-electron chi connectivity index (χ0n) is 9.24. The number of benzene rings is 2. The lowest BCUT2D eigenvalue weighted by molar-refractivity contribution is 0.945. The number of rotatable bonds is 4. The fourth-order valence-corrected chi connectivity index (χ4v) is 2.02. The van der Waals surface area contributed by atoms with Gasteiger partial charge in [-0.05, 0) is 29.8 Å². The molecule has 2 aromatic rings. The SMILES string of the molecule is Clc1ccc(CC(Cl)Nc2ccccc2)cc1. The van der Waals surface area contributed by atoms with Gasteiger partial charge in [0.05, 0.1) is 0 Å². The molecule has 88 valence electrons. The second-order valence-corrected chi connectivity index (χ2v) is 4.77. The topological polar surface area (TPSA) is 12.0 Å². The molecule has 0 aliphatic carbocycles. The lowest BCUT2D eigenvalue weighted by Gasteiger charge is -2.13. The second-order valence-electron chi connectivity index (χ2n) is 3.81. The molecule has 0 aromatic heterocycles. The lowest BCUT2D eigenvalue weighted by Crippen LogP contribution is -2.15. The van der Waals surface area contributed by atoms with E-state index < -0.39 is 0 Å². The Bertz CT molecular complexity index is 453. The van der Waals surface area contributed by atoms with Crippen LogP contribution in [0.5, 0.6) is 0 Å². The van der Waals surface area contributed by atoms with E-state index in [4.69, 9.17) is 23.2 Å². The lowest BCUT2D eigenvalue weighted by atomic mass is 10.1. The minimum absolute atomic E-state index is 0.126. The summed E-state index contributed by atoms with van der Waals surface area (Å²) >= 11 is 12.1. The Labute approximate surface area is 111 Å². The molecule has 2 rings (SSSR count). The number of hydrogen-bond acceptors (Lipinski definition) is 1. The second kappa shape index (κ2) is 5.95. The third kappa shape index (κ3) is 3.95. The summed E-state index contributed by atoms with van der Waals surface area (Å²) in [5, 5.41) is 3.98. The van der Waals surface area contributed by atoms with Crippen LogP contribution in [0.25, 0.3) is 0 Å². The number of hydrogen-bond donors (Lipinski definition) is 1. The molecule has 0 bridgehead atoms. The Morgan fingerprint density at radius 3 is 2.24 bits per heavy atom. The Balaban J connectivity index is 1.93. The van der Waals surface area contributed by atoms with Crippen LogP contribution in [0.2, 0.25) is 5.02 Å². The molecular weight excluding hydrogens is 253 g/mol. The molecule has 17 heavy (non-hydrogen) atoms. The van der Waals surface area contributed by atoms with Crippen molar-refractivity contribution in [3.8, 4) is 0 Å². The molecule has 1 unspecified atom stereocenters. The van der Waals surface area contributed by atoms with Gasteiger partial charge in [0.2, 0.25) is 0 Å². The van der Waals surface area contributed by atoms with Gasteiger partial charge in [-0.1, -0.05) is 53.5 Å². The van der Waals surface area contributed by atoms with E-state index in [0.717, 1.165) is 22.7 Å². The van der Waals surface area contributed by atoms with Crippen molar-refractivity contribution in [1.82, 2.24) is 0 Å². The van der Waals surface area contributed by atoms with Gasteiger partial charge in [-0.3, -0.25) is 0 Å². The van der Waals surface area contributed by atoms with E-state index in [1.54, 1.807) is 0 Å².